The lowest BCUT2D eigenvalue weighted by molar-refractivity contribution is 0.143. The molecule has 1 heteroatoms. The van der Waals surface area contributed by atoms with E-state index in [4.69, 9.17) is 6.42 Å². The van der Waals surface area contributed by atoms with Crippen molar-refractivity contribution in [1.82, 2.24) is 5.32 Å². The summed E-state index contributed by atoms with van der Waals surface area (Å²) < 4.78 is 0. The fourth-order valence-electron chi connectivity index (χ4n) is 4.09. The van der Waals surface area contributed by atoms with Crippen LogP contribution in [0.1, 0.15) is 71.1 Å². The van der Waals surface area contributed by atoms with Gasteiger partial charge in [0.1, 0.15) is 0 Å². The first kappa shape index (κ1) is 13.9. The van der Waals surface area contributed by atoms with Crippen LogP contribution in [0.4, 0.5) is 0 Å². The molecule has 0 radical (unpaired) electrons. The number of hydrogen-bond donors (Lipinski definition) is 1. The van der Waals surface area contributed by atoms with Gasteiger partial charge in [-0.05, 0) is 31.6 Å². The van der Waals surface area contributed by atoms with Crippen molar-refractivity contribution in [3.63, 3.8) is 0 Å². The Morgan fingerprint density at radius 2 is 1.72 bits per heavy atom. The van der Waals surface area contributed by atoms with E-state index in [9.17, 15) is 0 Å². The van der Waals surface area contributed by atoms with Gasteiger partial charge in [-0.3, -0.25) is 0 Å². The fourth-order valence-corrected chi connectivity index (χ4v) is 4.09. The molecule has 2 fully saturated rings. The van der Waals surface area contributed by atoms with Crippen LogP contribution >= 0.6 is 0 Å². The Morgan fingerprint density at radius 1 is 1.06 bits per heavy atom. The largest absolute Gasteiger partial charge is 0.310 e. The van der Waals surface area contributed by atoms with Crippen LogP contribution < -0.4 is 5.32 Å². The predicted octanol–water partition coefficient (Wildman–Crippen LogP) is 4.13. The molecule has 0 aromatic rings. The maximum atomic E-state index is 5.42. The third kappa shape index (κ3) is 3.75. The zero-order valence-corrected chi connectivity index (χ0v) is 12.0. The highest BCUT2D eigenvalue weighted by Gasteiger charge is 2.32. The van der Waals surface area contributed by atoms with Crippen LogP contribution in [0.2, 0.25) is 0 Å². The molecular formula is C17H29N. The molecule has 3 atom stereocenters. The van der Waals surface area contributed by atoms with E-state index in [1.807, 2.05) is 0 Å². The molecule has 2 saturated carbocycles. The summed E-state index contributed by atoms with van der Waals surface area (Å²) in [5.41, 5.74) is 0. The van der Waals surface area contributed by atoms with Crippen LogP contribution in [-0.4, -0.2) is 12.1 Å². The van der Waals surface area contributed by atoms with Gasteiger partial charge < -0.3 is 5.32 Å². The van der Waals surface area contributed by atoms with Crippen molar-refractivity contribution in [2.24, 2.45) is 11.8 Å². The third-order valence-corrected chi connectivity index (χ3v) is 5.00. The van der Waals surface area contributed by atoms with Crippen molar-refractivity contribution in [1.29, 1.82) is 0 Å². The molecule has 2 aliphatic carbocycles. The molecule has 0 aromatic carbocycles. The van der Waals surface area contributed by atoms with Crippen molar-refractivity contribution in [2.45, 2.75) is 83.2 Å². The van der Waals surface area contributed by atoms with E-state index in [1.165, 1.54) is 57.8 Å². The average molecular weight is 247 g/mol. The lowest BCUT2D eigenvalue weighted by Gasteiger charge is -2.40. The molecule has 1 nitrogen and oxygen atoms in total. The summed E-state index contributed by atoms with van der Waals surface area (Å²) in [7, 11) is 0. The Morgan fingerprint density at radius 3 is 2.44 bits per heavy atom. The minimum atomic E-state index is 0.490. The van der Waals surface area contributed by atoms with E-state index < -0.39 is 0 Å². The predicted molar refractivity (Wildman–Crippen MR) is 78.4 cm³/mol. The highest BCUT2D eigenvalue weighted by atomic mass is 15.0. The summed E-state index contributed by atoms with van der Waals surface area (Å²) in [6.07, 6.45) is 19.3. The highest BCUT2D eigenvalue weighted by molar-refractivity contribution is 4.92. The van der Waals surface area contributed by atoms with Gasteiger partial charge in [-0.15, -0.1) is 12.3 Å². The molecule has 0 bridgehead atoms. The number of rotatable bonds is 4. The summed E-state index contributed by atoms with van der Waals surface area (Å²) in [6, 6.07) is 1.23. The quantitative estimate of drug-likeness (QED) is 0.737. The van der Waals surface area contributed by atoms with E-state index in [-0.39, 0.29) is 0 Å². The number of terminal acetylenes is 1. The van der Waals surface area contributed by atoms with Gasteiger partial charge >= 0.3 is 0 Å². The first-order chi connectivity index (χ1) is 8.81. The topological polar surface area (TPSA) is 12.0 Å². The molecule has 0 aromatic heterocycles. The van der Waals surface area contributed by atoms with Crippen LogP contribution in [-0.2, 0) is 0 Å². The molecule has 0 saturated heterocycles. The Balaban J connectivity index is 1.90. The molecular weight excluding hydrogens is 218 g/mol. The third-order valence-electron chi connectivity index (χ3n) is 5.00. The standard InChI is InChI=1S/C17H29N/c1-3-9-14(2)18-17-13-8-7-12-16(17)15-10-5-4-6-11-15/h1,14-18H,4-13H2,2H3. The second kappa shape index (κ2) is 7.19. The van der Waals surface area contributed by atoms with Crippen molar-refractivity contribution in [2.75, 3.05) is 0 Å². The van der Waals surface area contributed by atoms with Gasteiger partial charge in [-0.1, -0.05) is 44.9 Å². The van der Waals surface area contributed by atoms with Gasteiger partial charge in [0.2, 0.25) is 0 Å². The maximum absolute atomic E-state index is 5.42. The molecule has 2 aliphatic rings. The Kier molecular flexibility index (Phi) is 5.57. The molecule has 1 N–H and O–H groups in total. The summed E-state index contributed by atoms with van der Waals surface area (Å²) in [5.74, 6) is 4.71. The number of hydrogen-bond acceptors (Lipinski definition) is 1. The second-order valence-corrected chi connectivity index (χ2v) is 6.43. The van der Waals surface area contributed by atoms with E-state index in [1.54, 1.807) is 0 Å². The molecule has 2 rings (SSSR count). The first-order valence-electron chi connectivity index (χ1n) is 8.00. The molecule has 3 unspecified atom stereocenters. The Hall–Kier alpha value is -0.480. The summed E-state index contributed by atoms with van der Waals surface area (Å²) >= 11 is 0. The minimum absolute atomic E-state index is 0.490. The second-order valence-electron chi connectivity index (χ2n) is 6.43. The summed E-state index contributed by atoms with van der Waals surface area (Å²) in [6.45, 7) is 2.24. The fraction of sp³-hybridized carbons (Fsp3) is 0.882. The van der Waals surface area contributed by atoms with Crippen LogP contribution in [0.25, 0.3) is 0 Å². The van der Waals surface area contributed by atoms with Gasteiger partial charge in [0, 0.05) is 18.5 Å². The highest BCUT2D eigenvalue weighted by Crippen LogP contribution is 2.38. The van der Waals surface area contributed by atoms with Crippen LogP contribution in [0.15, 0.2) is 0 Å². The van der Waals surface area contributed by atoms with Crippen LogP contribution in [0, 0.1) is 24.2 Å². The lowest BCUT2D eigenvalue weighted by atomic mass is 9.71. The molecule has 102 valence electrons. The van der Waals surface area contributed by atoms with Gasteiger partial charge in [-0.2, -0.15) is 0 Å². The smallest absolute Gasteiger partial charge is 0.0238 e. The SMILES string of the molecule is C#CCC(C)NC1CCCCC1C1CCCCC1. The maximum Gasteiger partial charge on any atom is 0.0238 e. The normalized spacial score (nSPS) is 31.8. The van der Waals surface area contributed by atoms with Crippen molar-refractivity contribution in [3.8, 4) is 12.3 Å². The Bertz CT molecular complexity index is 272. The summed E-state index contributed by atoms with van der Waals surface area (Å²) in [4.78, 5) is 0. The van der Waals surface area contributed by atoms with Crippen LogP contribution in [0.5, 0.6) is 0 Å². The summed E-state index contributed by atoms with van der Waals surface area (Å²) in [5, 5.41) is 3.82. The average Bonchev–Trinajstić information content (AvgIpc) is 2.40. The molecule has 0 amide bonds. The zero-order valence-electron chi connectivity index (χ0n) is 12.0. The van der Waals surface area contributed by atoms with Gasteiger partial charge in [0.15, 0.2) is 0 Å². The van der Waals surface area contributed by atoms with Crippen LogP contribution in [0.3, 0.4) is 0 Å². The molecule has 0 spiro atoms. The monoisotopic (exact) mass is 247 g/mol. The first-order valence-corrected chi connectivity index (χ1v) is 8.00. The van der Waals surface area contributed by atoms with Crippen molar-refractivity contribution >= 4 is 0 Å². The Labute approximate surface area is 113 Å². The number of nitrogens with one attached hydrogen (secondary N) is 1. The molecule has 0 heterocycles. The molecule has 0 aliphatic heterocycles. The van der Waals surface area contributed by atoms with E-state index in [2.05, 4.69) is 18.2 Å². The van der Waals surface area contributed by atoms with Crippen molar-refractivity contribution < 1.29 is 0 Å². The van der Waals surface area contributed by atoms with E-state index >= 15 is 0 Å². The van der Waals surface area contributed by atoms with Gasteiger partial charge in [0.25, 0.3) is 0 Å². The zero-order chi connectivity index (χ0) is 12.8. The van der Waals surface area contributed by atoms with Gasteiger partial charge in [0.05, 0.1) is 0 Å². The molecule has 18 heavy (non-hydrogen) atoms. The lowest BCUT2D eigenvalue weighted by Crippen LogP contribution is -2.46. The van der Waals surface area contributed by atoms with E-state index in [0.717, 1.165) is 24.3 Å². The minimum Gasteiger partial charge on any atom is -0.310 e. The van der Waals surface area contributed by atoms with Crippen molar-refractivity contribution in [3.05, 3.63) is 0 Å². The van der Waals surface area contributed by atoms with E-state index in [0.29, 0.717) is 6.04 Å². The van der Waals surface area contributed by atoms with Gasteiger partial charge in [-0.25, -0.2) is 0 Å².